The molecule has 1 fully saturated rings. The highest BCUT2D eigenvalue weighted by Gasteiger charge is 2.29. The number of furan rings is 1. The number of aromatic nitrogens is 2. The fourth-order valence-corrected chi connectivity index (χ4v) is 4.08. The third kappa shape index (κ3) is 6.46. The zero-order chi connectivity index (χ0) is 27.2. The fraction of sp³-hybridized carbons (Fsp3) is 0.385. The molecule has 1 aliphatic heterocycles. The highest BCUT2D eigenvalue weighted by Crippen LogP contribution is 2.21. The van der Waals surface area contributed by atoms with E-state index in [-0.39, 0.29) is 24.4 Å². The summed E-state index contributed by atoms with van der Waals surface area (Å²) in [6.45, 7) is 7.35. The van der Waals surface area contributed by atoms with Crippen LogP contribution >= 0.6 is 11.6 Å². The maximum atomic E-state index is 13.1. The van der Waals surface area contributed by atoms with Gasteiger partial charge in [0.25, 0.3) is 5.91 Å². The molecular weight excluding hydrogens is 514 g/mol. The molecule has 1 N–H and O–H groups in total. The van der Waals surface area contributed by atoms with Crippen LogP contribution < -0.4 is 10.1 Å². The van der Waals surface area contributed by atoms with Crippen molar-refractivity contribution < 1.29 is 28.3 Å². The van der Waals surface area contributed by atoms with Crippen molar-refractivity contribution >= 4 is 35.2 Å². The Morgan fingerprint density at radius 2 is 1.76 bits per heavy atom. The van der Waals surface area contributed by atoms with E-state index in [1.807, 2.05) is 0 Å². The van der Waals surface area contributed by atoms with Crippen LogP contribution in [0.3, 0.4) is 0 Å². The molecule has 4 rings (SSSR count). The van der Waals surface area contributed by atoms with Crippen LogP contribution in [0.1, 0.15) is 41.9 Å². The molecule has 0 bridgehead atoms. The molecule has 3 amide bonds. The third-order valence-electron chi connectivity index (χ3n) is 6.12. The van der Waals surface area contributed by atoms with Crippen LogP contribution in [0.5, 0.6) is 5.75 Å². The van der Waals surface area contributed by atoms with Gasteiger partial charge in [0.15, 0.2) is 5.76 Å². The van der Waals surface area contributed by atoms with Gasteiger partial charge in [-0.1, -0.05) is 11.6 Å². The summed E-state index contributed by atoms with van der Waals surface area (Å²) in [5, 5.41) is 7.83. The van der Waals surface area contributed by atoms with Gasteiger partial charge in [0.05, 0.1) is 18.0 Å². The van der Waals surface area contributed by atoms with Gasteiger partial charge >= 0.3 is 6.09 Å². The summed E-state index contributed by atoms with van der Waals surface area (Å²) in [7, 11) is 0. The number of nitrogens with one attached hydrogen (secondary N) is 1. The Morgan fingerprint density at radius 3 is 2.45 bits per heavy atom. The molecule has 11 nitrogen and oxygen atoms in total. The molecule has 1 aliphatic rings. The summed E-state index contributed by atoms with van der Waals surface area (Å²) in [6, 6.07) is 9.58. The van der Waals surface area contributed by atoms with Gasteiger partial charge in [0, 0.05) is 37.4 Å². The molecule has 0 aliphatic carbocycles. The van der Waals surface area contributed by atoms with E-state index in [4.69, 9.17) is 25.5 Å². The molecule has 3 aromatic rings. The Labute approximate surface area is 225 Å². The van der Waals surface area contributed by atoms with E-state index in [0.717, 1.165) is 0 Å². The van der Waals surface area contributed by atoms with Crippen molar-refractivity contribution in [1.82, 2.24) is 19.6 Å². The maximum absolute atomic E-state index is 13.1. The van der Waals surface area contributed by atoms with E-state index in [1.165, 1.54) is 4.68 Å². The van der Waals surface area contributed by atoms with Crippen molar-refractivity contribution in [1.29, 1.82) is 0 Å². The SMILES string of the molecule is CCOC(=O)N1CCN(C(=O)C(C)n2cc(NC(=O)c3ccc(COc4ccc(Cl)cc4)o3)c(C)n2)CC1. The second kappa shape index (κ2) is 12.0. The number of benzene rings is 1. The summed E-state index contributed by atoms with van der Waals surface area (Å²) >= 11 is 5.88. The summed E-state index contributed by atoms with van der Waals surface area (Å²) in [5.41, 5.74) is 1.03. The summed E-state index contributed by atoms with van der Waals surface area (Å²) in [4.78, 5) is 41.0. The molecule has 202 valence electrons. The fourth-order valence-electron chi connectivity index (χ4n) is 3.95. The lowest BCUT2D eigenvalue weighted by molar-refractivity contribution is -0.136. The number of anilines is 1. The first-order valence-electron chi connectivity index (χ1n) is 12.3. The Kier molecular flexibility index (Phi) is 8.57. The topological polar surface area (TPSA) is 119 Å². The standard InChI is InChI=1S/C26H30ClN5O6/c1-4-36-26(35)31-13-11-30(12-14-31)25(34)18(3)32-15-22(17(2)29-32)28-24(33)23-10-9-21(38-23)16-37-20-7-5-19(27)6-8-20/h5-10,15,18H,4,11-14,16H2,1-3H3,(H,28,33). The molecule has 38 heavy (non-hydrogen) atoms. The molecular formula is C26H30ClN5O6. The lowest BCUT2D eigenvalue weighted by atomic mass is 10.2. The first-order chi connectivity index (χ1) is 18.2. The number of carbonyl (C=O) groups excluding carboxylic acids is 3. The molecule has 1 atom stereocenters. The normalized spacial score (nSPS) is 14.2. The van der Waals surface area contributed by atoms with E-state index in [2.05, 4.69) is 10.4 Å². The Hall–Kier alpha value is -3.99. The lowest BCUT2D eigenvalue weighted by Gasteiger charge is -2.35. The Bertz CT molecular complexity index is 1280. The van der Waals surface area contributed by atoms with Crippen molar-refractivity contribution in [2.24, 2.45) is 0 Å². The molecule has 1 saturated heterocycles. The Morgan fingerprint density at radius 1 is 1.08 bits per heavy atom. The van der Waals surface area contributed by atoms with Gasteiger partial charge in [-0.05, 0) is 57.2 Å². The second-order valence-electron chi connectivity index (χ2n) is 8.76. The molecule has 0 saturated carbocycles. The van der Waals surface area contributed by atoms with E-state index in [0.29, 0.717) is 60.7 Å². The maximum Gasteiger partial charge on any atom is 0.409 e. The number of rotatable bonds is 8. The highest BCUT2D eigenvalue weighted by molar-refractivity contribution is 6.30. The van der Waals surface area contributed by atoms with Gasteiger partial charge in [0.2, 0.25) is 5.91 Å². The predicted molar refractivity (Wildman–Crippen MR) is 139 cm³/mol. The van der Waals surface area contributed by atoms with Gasteiger partial charge in [0.1, 0.15) is 24.2 Å². The molecule has 0 radical (unpaired) electrons. The van der Waals surface area contributed by atoms with Crippen LogP contribution in [0.15, 0.2) is 47.0 Å². The third-order valence-corrected chi connectivity index (χ3v) is 6.37. The van der Waals surface area contributed by atoms with Gasteiger partial charge in [-0.3, -0.25) is 14.3 Å². The molecule has 2 aromatic heterocycles. The van der Waals surface area contributed by atoms with Crippen LogP contribution in [0.25, 0.3) is 0 Å². The lowest BCUT2D eigenvalue weighted by Crippen LogP contribution is -2.52. The van der Waals surface area contributed by atoms with E-state index >= 15 is 0 Å². The summed E-state index contributed by atoms with van der Waals surface area (Å²) < 4.78 is 17.8. The Balaban J connectivity index is 1.32. The minimum atomic E-state index is -0.589. The van der Waals surface area contributed by atoms with Gasteiger partial charge in [-0.15, -0.1) is 0 Å². The van der Waals surface area contributed by atoms with Crippen molar-refractivity contribution in [2.45, 2.75) is 33.4 Å². The highest BCUT2D eigenvalue weighted by atomic mass is 35.5. The average molecular weight is 544 g/mol. The molecule has 1 unspecified atom stereocenters. The number of piperazine rings is 1. The zero-order valence-electron chi connectivity index (χ0n) is 21.5. The minimum absolute atomic E-state index is 0.120. The quantitative estimate of drug-likeness (QED) is 0.453. The van der Waals surface area contributed by atoms with E-state index in [1.54, 1.807) is 73.2 Å². The first-order valence-corrected chi connectivity index (χ1v) is 12.7. The summed E-state index contributed by atoms with van der Waals surface area (Å²) in [6.07, 6.45) is 1.26. The first kappa shape index (κ1) is 27.1. The zero-order valence-corrected chi connectivity index (χ0v) is 22.2. The van der Waals surface area contributed by atoms with Crippen molar-refractivity contribution in [3.05, 3.63) is 64.8 Å². The van der Waals surface area contributed by atoms with Crippen molar-refractivity contribution in [3.63, 3.8) is 0 Å². The monoisotopic (exact) mass is 543 g/mol. The number of halogens is 1. The number of hydrogen-bond acceptors (Lipinski definition) is 7. The van der Waals surface area contributed by atoms with Crippen molar-refractivity contribution in [2.75, 3.05) is 38.1 Å². The van der Waals surface area contributed by atoms with Gasteiger partial charge < -0.3 is 29.0 Å². The number of nitrogens with zero attached hydrogens (tertiary/aromatic N) is 4. The predicted octanol–water partition coefficient (Wildman–Crippen LogP) is 4.13. The van der Waals surface area contributed by atoms with Gasteiger partial charge in [-0.2, -0.15) is 5.10 Å². The number of amides is 3. The molecule has 3 heterocycles. The smallest absolute Gasteiger partial charge is 0.409 e. The molecule has 12 heteroatoms. The molecule has 1 aromatic carbocycles. The second-order valence-corrected chi connectivity index (χ2v) is 9.19. The minimum Gasteiger partial charge on any atom is -0.486 e. The van der Waals surface area contributed by atoms with E-state index in [9.17, 15) is 14.4 Å². The number of ether oxygens (including phenoxy) is 2. The van der Waals surface area contributed by atoms with Crippen LogP contribution in [0.2, 0.25) is 5.02 Å². The van der Waals surface area contributed by atoms with Crippen LogP contribution in [-0.4, -0.2) is 70.3 Å². The van der Waals surface area contributed by atoms with Crippen LogP contribution in [0.4, 0.5) is 10.5 Å². The number of carbonyl (C=O) groups is 3. The van der Waals surface area contributed by atoms with Gasteiger partial charge in [-0.25, -0.2) is 4.79 Å². The average Bonchev–Trinajstić information content (AvgIpc) is 3.54. The largest absolute Gasteiger partial charge is 0.486 e. The molecule has 0 spiro atoms. The number of hydrogen-bond donors (Lipinski definition) is 1. The van der Waals surface area contributed by atoms with Crippen LogP contribution in [-0.2, 0) is 16.1 Å². The van der Waals surface area contributed by atoms with Crippen molar-refractivity contribution in [3.8, 4) is 5.75 Å². The number of aryl methyl sites for hydroxylation is 1. The summed E-state index contributed by atoms with van der Waals surface area (Å²) in [5.74, 6) is 0.671. The van der Waals surface area contributed by atoms with Crippen LogP contribution in [0, 0.1) is 6.92 Å². The van der Waals surface area contributed by atoms with E-state index < -0.39 is 11.9 Å².